The molecular weight excluding hydrogens is 292 g/mol. The van der Waals surface area contributed by atoms with Gasteiger partial charge in [-0.2, -0.15) is 0 Å². The van der Waals surface area contributed by atoms with Gasteiger partial charge >= 0.3 is 0 Å². The molecule has 0 bridgehead atoms. The molecule has 0 saturated heterocycles. The average Bonchev–Trinajstić information content (AvgIpc) is 3.06. The molecule has 0 radical (unpaired) electrons. The van der Waals surface area contributed by atoms with E-state index >= 15 is 0 Å². The number of aromatic amines is 1. The first kappa shape index (κ1) is 13.6. The molecule has 0 amide bonds. The molecule has 1 aliphatic rings. The van der Waals surface area contributed by atoms with Crippen LogP contribution in [0.1, 0.15) is 19.4 Å². The number of para-hydroxylation sites is 1. The first-order chi connectivity index (χ1) is 11.6. The van der Waals surface area contributed by atoms with Crippen LogP contribution in [0.5, 0.6) is 0 Å². The summed E-state index contributed by atoms with van der Waals surface area (Å²) in [7, 11) is 0. The molecular formula is C22H18N2. The summed E-state index contributed by atoms with van der Waals surface area (Å²) in [5, 5.41) is 4.98. The Bertz CT molecular complexity index is 1170. The van der Waals surface area contributed by atoms with Crippen molar-refractivity contribution in [2.75, 3.05) is 0 Å². The molecule has 1 aliphatic heterocycles. The maximum atomic E-state index is 4.89. The van der Waals surface area contributed by atoms with Crippen LogP contribution in [-0.4, -0.2) is 10.7 Å². The van der Waals surface area contributed by atoms with Gasteiger partial charge in [0.2, 0.25) is 0 Å². The van der Waals surface area contributed by atoms with E-state index in [1.54, 1.807) is 0 Å². The summed E-state index contributed by atoms with van der Waals surface area (Å²) in [5.41, 5.74) is 4.60. The second-order valence-electron chi connectivity index (χ2n) is 7.03. The molecule has 0 aliphatic carbocycles. The number of H-pyrrole nitrogens is 1. The van der Waals surface area contributed by atoms with Gasteiger partial charge in [-0.3, -0.25) is 4.99 Å². The average molecular weight is 310 g/mol. The molecule has 0 atom stereocenters. The van der Waals surface area contributed by atoms with Crippen LogP contribution in [0, 0.1) is 0 Å². The first-order valence-electron chi connectivity index (χ1n) is 8.34. The molecule has 4 aromatic rings. The predicted molar refractivity (Wildman–Crippen MR) is 102 cm³/mol. The number of nitrogens with zero attached hydrogens (tertiary/aromatic N) is 1. The number of hydrogen-bond acceptors (Lipinski definition) is 1. The van der Waals surface area contributed by atoms with Gasteiger partial charge in [-0.1, -0.05) is 62.4 Å². The zero-order valence-electron chi connectivity index (χ0n) is 13.8. The summed E-state index contributed by atoms with van der Waals surface area (Å²) in [6.07, 6.45) is 2.22. The number of aromatic nitrogens is 1. The molecule has 5 rings (SSSR count). The van der Waals surface area contributed by atoms with E-state index in [1.165, 1.54) is 27.2 Å². The lowest BCUT2D eigenvalue weighted by atomic mass is 9.81. The molecule has 2 nitrogen and oxygen atoms in total. The highest BCUT2D eigenvalue weighted by Crippen LogP contribution is 2.40. The smallest absolute Gasteiger partial charge is 0.0674 e. The molecule has 2 heterocycles. The summed E-state index contributed by atoms with van der Waals surface area (Å²) >= 11 is 0. The highest BCUT2D eigenvalue weighted by molar-refractivity contribution is 6.21. The highest BCUT2D eigenvalue weighted by atomic mass is 14.8. The van der Waals surface area contributed by atoms with Crippen LogP contribution in [0.2, 0.25) is 0 Å². The number of hydrogen-bond donors (Lipinski definition) is 1. The topological polar surface area (TPSA) is 28.1 Å². The summed E-state index contributed by atoms with van der Waals surface area (Å²) < 4.78 is 0. The van der Waals surface area contributed by atoms with Crippen molar-refractivity contribution >= 4 is 39.2 Å². The minimum atomic E-state index is -0.0755. The summed E-state index contributed by atoms with van der Waals surface area (Å²) in [6, 6.07) is 21.3. The van der Waals surface area contributed by atoms with Gasteiger partial charge in [-0.15, -0.1) is 0 Å². The van der Waals surface area contributed by atoms with Gasteiger partial charge in [0.15, 0.2) is 0 Å². The third-order valence-electron chi connectivity index (χ3n) is 5.20. The van der Waals surface area contributed by atoms with E-state index in [1.807, 2.05) is 0 Å². The third-order valence-corrected chi connectivity index (χ3v) is 5.20. The zero-order valence-corrected chi connectivity index (χ0v) is 13.8. The molecule has 0 spiro atoms. The molecule has 1 aromatic heterocycles. The molecule has 1 N–H and O–H groups in total. The van der Waals surface area contributed by atoms with E-state index in [0.717, 1.165) is 16.7 Å². The van der Waals surface area contributed by atoms with Gasteiger partial charge < -0.3 is 4.98 Å². The molecule has 116 valence electrons. The lowest BCUT2D eigenvalue weighted by Crippen LogP contribution is -2.25. The van der Waals surface area contributed by atoms with Gasteiger partial charge in [0.25, 0.3) is 0 Å². The van der Waals surface area contributed by atoms with Crippen LogP contribution in [0.4, 0.5) is 5.69 Å². The van der Waals surface area contributed by atoms with E-state index in [0.29, 0.717) is 0 Å². The fourth-order valence-corrected chi connectivity index (χ4v) is 3.85. The van der Waals surface area contributed by atoms with E-state index in [4.69, 9.17) is 4.99 Å². The zero-order chi connectivity index (χ0) is 16.3. The van der Waals surface area contributed by atoms with Crippen molar-refractivity contribution in [2.24, 2.45) is 4.99 Å². The van der Waals surface area contributed by atoms with Gasteiger partial charge in [0.05, 0.1) is 11.4 Å². The predicted octanol–water partition coefficient (Wildman–Crippen LogP) is 4.88. The molecule has 0 fully saturated rings. The Morgan fingerprint density at radius 3 is 2.54 bits per heavy atom. The van der Waals surface area contributed by atoms with Crippen LogP contribution in [0.15, 0.2) is 65.7 Å². The fourth-order valence-electron chi connectivity index (χ4n) is 3.85. The number of benzene rings is 3. The Morgan fingerprint density at radius 1 is 0.917 bits per heavy atom. The second-order valence-corrected chi connectivity index (χ2v) is 7.03. The molecule has 0 unspecified atom stereocenters. The normalized spacial score (nSPS) is 16.8. The van der Waals surface area contributed by atoms with E-state index in [-0.39, 0.29) is 5.41 Å². The molecule has 3 aromatic carbocycles. The standard InChI is InChI=1S/C22H18N2/c1-22(2)16-10-3-4-11-17(16)24-20(22)13-19-15-9-5-7-14-8-6-12-18(23-19)21(14)15/h3-13,23H,1-2H3/b19-13-. The number of nitrogens with one attached hydrogen (secondary N) is 1. The first-order valence-corrected chi connectivity index (χ1v) is 8.34. The number of fused-ring (bicyclic) bond motifs is 1. The molecule has 2 heteroatoms. The Balaban J connectivity index is 1.79. The lowest BCUT2D eigenvalue weighted by Gasteiger charge is -2.19. The van der Waals surface area contributed by atoms with Gasteiger partial charge in [-0.25, -0.2) is 0 Å². The SMILES string of the molecule is CC1(C)C(/C=c2\[nH]c3cccc4cccc2c43)=Nc2ccccc21. The van der Waals surface area contributed by atoms with Crippen molar-refractivity contribution in [3.8, 4) is 0 Å². The largest absolute Gasteiger partial charge is 0.354 e. The summed E-state index contributed by atoms with van der Waals surface area (Å²) in [5.74, 6) is 0. The van der Waals surface area contributed by atoms with E-state index < -0.39 is 0 Å². The van der Waals surface area contributed by atoms with Crippen molar-refractivity contribution < 1.29 is 0 Å². The quantitative estimate of drug-likeness (QED) is 0.519. The molecule has 24 heavy (non-hydrogen) atoms. The van der Waals surface area contributed by atoms with Crippen LogP contribution in [0.3, 0.4) is 0 Å². The van der Waals surface area contributed by atoms with Crippen molar-refractivity contribution in [1.29, 1.82) is 0 Å². The minimum absolute atomic E-state index is 0.0755. The van der Waals surface area contributed by atoms with Crippen molar-refractivity contribution in [2.45, 2.75) is 19.3 Å². The maximum Gasteiger partial charge on any atom is 0.0674 e. The van der Waals surface area contributed by atoms with Gasteiger partial charge in [0, 0.05) is 27.1 Å². The monoisotopic (exact) mass is 310 g/mol. The van der Waals surface area contributed by atoms with Crippen LogP contribution >= 0.6 is 0 Å². The van der Waals surface area contributed by atoms with Crippen LogP contribution < -0.4 is 5.35 Å². The highest BCUT2D eigenvalue weighted by Gasteiger charge is 2.33. The Morgan fingerprint density at radius 2 is 1.71 bits per heavy atom. The molecule has 0 saturated carbocycles. The minimum Gasteiger partial charge on any atom is -0.354 e. The van der Waals surface area contributed by atoms with Gasteiger partial charge in [0.1, 0.15) is 0 Å². The van der Waals surface area contributed by atoms with Crippen LogP contribution in [-0.2, 0) is 5.41 Å². The lowest BCUT2D eigenvalue weighted by molar-refractivity contribution is 0.743. The van der Waals surface area contributed by atoms with Crippen molar-refractivity contribution in [3.05, 3.63) is 71.6 Å². The second kappa shape index (κ2) is 4.57. The maximum absolute atomic E-state index is 4.89. The Kier molecular flexibility index (Phi) is 2.58. The van der Waals surface area contributed by atoms with Crippen molar-refractivity contribution in [3.63, 3.8) is 0 Å². The third kappa shape index (κ3) is 1.74. The number of aliphatic imine (C=N–C) groups is 1. The summed E-state index contributed by atoms with van der Waals surface area (Å²) in [6.45, 7) is 4.49. The van der Waals surface area contributed by atoms with E-state index in [2.05, 4.69) is 85.6 Å². The van der Waals surface area contributed by atoms with Crippen molar-refractivity contribution in [1.82, 2.24) is 4.98 Å². The Hall–Kier alpha value is -2.87. The summed E-state index contributed by atoms with van der Waals surface area (Å²) in [4.78, 5) is 8.47. The Labute approximate surface area is 140 Å². The number of rotatable bonds is 1. The van der Waals surface area contributed by atoms with Crippen LogP contribution in [0.25, 0.3) is 27.8 Å². The fraction of sp³-hybridized carbons (Fsp3) is 0.136. The van der Waals surface area contributed by atoms with Gasteiger partial charge in [-0.05, 0) is 29.2 Å². The van der Waals surface area contributed by atoms with E-state index in [9.17, 15) is 0 Å².